The molecule has 1 saturated heterocycles. The van der Waals surface area contributed by atoms with Crippen LogP contribution in [0.3, 0.4) is 0 Å². The van der Waals surface area contributed by atoms with Crippen LogP contribution in [0, 0.1) is 5.41 Å². The first-order valence-corrected chi connectivity index (χ1v) is 18.2. The molecule has 0 aromatic heterocycles. The molecule has 0 bridgehead atoms. The minimum absolute atomic E-state index is 0.0706. The zero-order valence-corrected chi connectivity index (χ0v) is 29.9. The average molecular weight is 749 g/mol. The summed E-state index contributed by atoms with van der Waals surface area (Å²) in [6, 6.07) is 24.2. The van der Waals surface area contributed by atoms with E-state index in [9.17, 15) is 29.1 Å². The van der Waals surface area contributed by atoms with Gasteiger partial charge in [0.1, 0.15) is 12.6 Å². The molecule has 0 radical (unpaired) electrons. The van der Waals surface area contributed by atoms with Gasteiger partial charge in [-0.15, -0.1) is 0 Å². The van der Waals surface area contributed by atoms with Crippen molar-refractivity contribution in [2.75, 3.05) is 32.8 Å². The number of halogens is 2. The number of nitrogens with one attached hydrogen (secondary N) is 2. The van der Waals surface area contributed by atoms with Gasteiger partial charge in [-0.05, 0) is 58.4 Å². The summed E-state index contributed by atoms with van der Waals surface area (Å²) in [5.74, 6) is -6.16. The van der Waals surface area contributed by atoms with Gasteiger partial charge in [0.05, 0.1) is 6.54 Å². The largest absolute Gasteiger partial charge is 0.480 e. The lowest BCUT2D eigenvalue weighted by Crippen LogP contribution is -2.47. The molecule has 8 rings (SSSR count). The Kier molecular flexibility index (Phi) is 8.90. The maximum atomic E-state index is 15.0. The zero-order chi connectivity index (χ0) is 38.6. The van der Waals surface area contributed by atoms with Crippen molar-refractivity contribution in [2.24, 2.45) is 5.41 Å². The number of nitrogens with zero attached hydrogens (tertiary/aromatic N) is 2. The molecular weight excluding hydrogens is 710 g/mol. The number of ether oxygens (including phenoxy) is 1. The lowest BCUT2D eigenvalue weighted by atomic mass is 9.98. The highest BCUT2D eigenvalue weighted by molar-refractivity contribution is 5.99. The first-order valence-electron chi connectivity index (χ1n) is 18.2. The molecule has 11 nitrogen and oxygen atoms in total. The Morgan fingerprint density at radius 3 is 2.15 bits per heavy atom. The second-order valence-electron chi connectivity index (χ2n) is 14.7. The molecular formula is C42H38F2N4O7. The van der Waals surface area contributed by atoms with Crippen molar-refractivity contribution in [3.63, 3.8) is 0 Å². The van der Waals surface area contributed by atoms with Gasteiger partial charge in [0.2, 0.25) is 11.8 Å². The molecule has 1 aliphatic heterocycles. The summed E-state index contributed by atoms with van der Waals surface area (Å²) in [7, 11) is 0. The van der Waals surface area contributed by atoms with Gasteiger partial charge in [-0.25, -0.2) is 9.59 Å². The quantitative estimate of drug-likeness (QED) is 0.187. The van der Waals surface area contributed by atoms with Gasteiger partial charge in [-0.1, -0.05) is 78.9 Å². The van der Waals surface area contributed by atoms with E-state index < -0.39 is 53.8 Å². The van der Waals surface area contributed by atoms with Crippen LogP contribution in [0.4, 0.5) is 13.6 Å². The molecule has 3 aliphatic carbocycles. The topological polar surface area (TPSA) is 145 Å². The number of likely N-dealkylation sites (tertiary alicyclic amines) is 1. The number of hydrogen-bond donors (Lipinski definition) is 3. The highest BCUT2D eigenvalue weighted by Gasteiger charge is 2.68. The molecule has 1 saturated carbocycles. The molecule has 0 spiro atoms. The number of piperidine rings is 1. The van der Waals surface area contributed by atoms with E-state index in [1.807, 2.05) is 48.5 Å². The van der Waals surface area contributed by atoms with Crippen LogP contribution in [-0.2, 0) is 25.0 Å². The van der Waals surface area contributed by atoms with E-state index in [0.29, 0.717) is 12.0 Å². The summed E-state index contributed by atoms with van der Waals surface area (Å²) in [5, 5.41) is 15.4. The van der Waals surface area contributed by atoms with Crippen molar-refractivity contribution in [1.29, 1.82) is 0 Å². The van der Waals surface area contributed by atoms with E-state index in [4.69, 9.17) is 4.74 Å². The van der Waals surface area contributed by atoms with Crippen molar-refractivity contribution in [3.8, 4) is 22.3 Å². The first-order chi connectivity index (χ1) is 26.4. The number of aliphatic carboxylic acids is 1. The Morgan fingerprint density at radius 2 is 1.47 bits per heavy atom. The van der Waals surface area contributed by atoms with Crippen LogP contribution in [0.2, 0.25) is 0 Å². The van der Waals surface area contributed by atoms with Crippen molar-refractivity contribution >= 4 is 29.8 Å². The van der Waals surface area contributed by atoms with Crippen LogP contribution in [0.5, 0.6) is 0 Å². The molecule has 0 unspecified atom stereocenters. The number of carboxylic acid groups (broad SMARTS) is 1. The number of carbonyl (C=O) groups is 5. The van der Waals surface area contributed by atoms with E-state index in [1.165, 1.54) is 47.1 Å². The van der Waals surface area contributed by atoms with Crippen molar-refractivity contribution in [2.45, 2.75) is 43.7 Å². The average Bonchev–Trinajstić information content (AvgIpc) is 3.51. The van der Waals surface area contributed by atoms with Crippen molar-refractivity contribution in [3.05, 3.63) is 119 Å². The number of hydrogen-bond acceptors (Lipinski definition) is 6. The number of rotatable bonds is 11. The van der Waals surface area contributed by atoms with Gasteiger partial charge in [-0.3, -0.25) is 14.4 Å². The van der Waals surface area contributed by atoms with Crippen LogP contribution in [0.1, 0.15) is 58.3 Å². The summed E-state index contributed by atoms with van der Waals surface area (Å²) in [5.41, 5.74) is 3.79. The SMILES string of the molecule is CC(=O)NCCN(C[C@@]12C[C@@H]1N(C(=O)CNC(=O)c1ccc3c(c1)-c1ccccc1C3(F)F)[C@H](C(=O)O)C2)C(=O)OCC1c2ccccc2-c2ccccc21. The molecule has 1 heterocycles. The molecule has 282 valence electrons. The predicted molar refractivity (Wildman–Crippen MR) is 196 cm³/mol. The molecule has 55 heavy (non-hydrogen) atoms. The van der Waals surface area contributed by atoms with Gasteiger partial charge in [0.25, 0.3) is 11.8 Å². The molecule has 4 aromatic carbocycles. The number of alkyl halides is 2. The van der Waals surface area contributed by atoms with Crippen LogP contribution in [-0.4, -0.2) is 89.6 Å². The van der Waals surface area contributed by atoms with Crippen LogP contribution in [0.15, 0.2) is 91.0 Å². The second-order valence-corrected chi connectivity index (χ2v) is 14.7. The van der Waals surface area contributed by atoms with E-state index in [-0.39, 0.29) is 66.7 Å². The fourth-order valence-corrected chi connectivity index (χ4v) is 8.76. The van der Waals surface area contributed by atoms with Gasteiger partial charge in [0.15, 0.2) is 0 Å². The molecule has 3 atom stereocenters. The number of fused-ring (bicyclic) bond motifs is 7. The van der Waals surface area contributed by atoms with E-state index in [0.717, 1.165) is 22.3 Å². The number of carbonyl (C=O) groups excluding carboxylic acids is 4. The number of carboxylic acids is 1. The minimum Gasteiger partial charge on any atom is -0.480 e. The Morgan fingerprint density at radius 1 is 0.836 bits per heavy atom. The zero-order valence-electron chi connectivity index (χ0n) is 29.9. The lowest BCUT2D eigenvalue weighted by molar-refractivity contribution is -0.149. The highest BCUT2D eigenvalue weighted by atomic mass is 19.3. The van der Waals surface area contributed by atoms with Crippen LogP contribution < -0.4 is 10.6 Å². The fourth-order valence-electron chi connectivity index (χ4n) is 8.76. The van der Waals surface area contributed by atoms with Crippen molar-refractivity contribution in [1.82, 2.24) is 20.4 Å². The standard InChI is InChI=1S/C42H38F2N4O7/c1-24(49)45-16-17-47(40(54)55-22-32-28-10-4-2-8-26(28)27-9-3-5-11-29(27)32)23-41-19-35(39(52)53)48(36(41)20-41)37(50)21-46-38(51)25-14-15-34-31(18-25)30-12-6-7-13-33(30)42(34,43)44/h2-15,18,32,35-36H,16-17,19-23H2,1H3,(H,45,49)(H,46,51)(H,52,53)/t35-,36-,41+/m0/s1. The highest BCUT2D eigenvalue weighted by Crippen LogP contribution is 2.60. The van der Waals surface area contributed by atoms with Gasteiger partial charge >= 0.3 is 12.1 Å². The Labute approximate surface area is 315 Å². The molecule has 3 N–H and O–H groups in total. The van der Waals surface area contributed by atoms with E-state index >= 15 is 8.78 Å². The lowest BCUT2D eigenvalue weighted by Gasteiger charge is -2.27. The monoisotopic (exact) mass is 748 g/mol. The summed E-state index contributed by atoms with van der Waals surface area (Å²) < 4.78 is 36.0. The van der Waals surface area contributed by atoms with Crippen molar-refractivity contribution < 1.29 is 42.6 Å². The normalized spacial score (nSPS) is 20.7. The van der Waals surface area contributed by atoms with Crippen LogP contribution in [0.25, 0.3) is 22.3 Å². The summed E-state index contributed by atoms with van der Waals surface area (Å²) in [6.45, 7) is 1.26. The molecule has 4 aromatic rings. The Hall–Kier alpha value is -6.11. The maximum Gasteiger partial charge on any atom is 0.409 e. The van der Waals surface area contributed by atoms with Crippen LogP contribution >= 0.6 is 0 Å². The van der Waals surface area contributed by atoms with E-state index in [2.05, 4.69) is 10.6 Å². The van der Waals surface area contributed by atoms with Gasteiger partial charge < -0.3 is 30.3 Å². The second kappa shape index (κ2) is 13.6. The molecule has 4 aliphatic rings. The number of benzene rings is 4. The summed E-state index contributed by atoms with van der Waals surface area (Å²) in [4.78, 5) is 67.5. The van der Waals surface area contributed by atoms with Gasteiger partial charge in [0, 0.05) is 60.6 Å². The third-order valence-corrected chi connectivity index (χ3v) is 11.4. The third-order valence-electron chi connectivity index (χ3n) is 11.4. The van der Waals surface area contributed by atoms with E-state index in [1.54, 1.807) is 12.1 Å². The first kappa shape index (κ1) is 35.9. The predicted octanol–water partition coefficient (Wildman–Crippen LogP) is 5.37. The molecule has 13 heteroatoms. The fraction of sp³-hybridized carbons (Fsp3) is 0.310. The molecule has 2 fully saturated rings. The summed E-state index contributed by atoms with van der Waals surface area (Å²) >= 11 is 0. The Balaban J connectivity index is 0.945. The number of amides is 4. The Bertz CT molecular complexity index is 2220. The third kappa shape index (κ3) is 6.26. The maximum absolute atomic E-state index is 15.0. The summed E-state index contributed by atoms with van der Waals surface area (Å²) in [6.07, 6.45) is -0.105. The molecule has 4 amide bonds. The minimum atomic E-state index is -3.21. The van der Waals surface area contributed by atoms with Gasteiger partial charge in [-0.2, -0.15) is 8.78 Å². The smallest absolute Gasteiger partial charge is 0.409 e.